The van der Waals surface area contributed by atoms with Crippen LogP contribution in [0.4, 0.5) is 8.78 Å². The zero-order valence-electron chi connectivity index (χ0n) is 8.84. The van der Waals surface area contributed by atoms with E-state index in [0.29, 0.717) is 0 Å². The van der Waals surface area contributed by atoms with E-state index in [-0.39, 0.29) is 12.1 Å². The number of carboxylic acid groups (broad SMARTS) is 1. The van der Waals surface area contributed by atoms with Crippen molar-refractivity contribution in [3.8, 4) is 5.75 Å². The maximum atomic E-state index is 13.5. The second-order valence-corrected chi connectivity index (χ2v) is 3.64. The molecule has 94 valence electrons. The Morgan fingerprint density at radius 2 is 2.18 bits per heavy atom. The summed E-state index contributed by atoms with van der Waals surface area (Å²) in [5.74, 6) is -5.58. The van der Waals surface area contributed by atoms with Crippen molar-refractivity contribution in [1.82, 2.24) is 0 Å². The number of rotatable bonds is 4. The standard InChI is InChI=1S/C10H10ClF2NO3/c1-17-9-4(5(3-14)10(15)16)2-6(11)7(12)8(9)13/h2,5H,3,14H2,1H3,(H,15,16). The lowest BCUT2D eigenvalue weighted by Gasteiger charge is -2.16. The van der Waals surface area contributed by atoms with Crippen LogP contribution < -0.4 is 10.5 Å². The van der Waals surface area contributed by atoms with Gasteiger partial charge in [0.15, 0.2) is 11.6 Å². The number of ether oxygens (including phenoxy) is 1. The SMILES string of the molecule is COc1c(C(CN)C(=O)O)cc(Cl)c(F)c1F. The van der Waals surface area contributed by atoms with Gasteiger partial charge in [-0.3, -0.25) is 4.79 Å². The molecule has 1 rings (SSSR count). The van der Waals surface area contributed by atoms with E-state index in [1.807, 2.05) is 0 Å². The number of hydrogen-bond donors (Lipinski definition) is 2. The third kappa shape index (κ3) is 2.48. The van der Waals surface area contributed by atoms with E-state index >= 15 is 0 Å². The van der Waals surface area contributed by atoms with Gasteiger partial charge in [0.05, 0.1) is 18.1 Å². The topological polar surface area (TPSA) is 72.5 Å². The van der Waals surface area contributed by atoms with Crippen molar-refractivity contribution < 1.29 is 23.4 Å². The molecule has 0 saturated carbocycles. The Morgan fingerprint density at radius 1 is 1.59 bits per heavy atom. The number of hydrogen-bond acceptors (Lipinski definition) is 3. The molecule has 0 radical (unpaired) electrons. The molecule has 0 aliphatic carbocycles. The molecule has 17 heavy (non-hydrogen) atoms. The minimum absolute atomic E-state index is 0.0913. The van der Waals surface area contributed by atoms with E-state index in [9.17, 15) is 13.6 Å². The molecule has 4 nitrogen and oxygen atoms in total. The second kappa shape index (κ2) is 5.29. The minimum atomic E-state index is -1.32. The quantitative estimate of drug-likeness (QED) is 0.814. The first-order chi connectivity index (χ1) is 7.93. The van der Waals surface area contributed by atoms with E-state index in [4.69, 9.17) is 22.4 Å². The van der Waals surface area contributed by atoms with E-state index in [0.717, 1.165) is 13.2 Å². The van der Waals surface area contributed by atoms with Crippen LogP contribution in [0, 0.1) is 11.6 Å². The minimum Gasteiger partial charge on any atom is -0.493 e. The average Bonchev–Trinajstić information content (AvgIpc) is 2.27. The molecule has 0 saturated heterocycles. The predicted molar refractivity (Wildman–Crippen MR) is 57.4 cm³/mol. The van der Waals surface area contributed by atoms with E-state index in [2.05, 4.69) is 4.74 Å². The highest BCUT2D eigenvalue weighted by molar-refractivity contribution is 6.30. The highest BCUT2D eigenvalue weighted by Gasteiger charge is 2.27. The smallest absolute Gasteiger partial charge is 0.312 e. The van der Waals surface area contributed by atoms with Crippen molar-refractivity contribution in [3.05, 3.63) is 28.3 Å². The van der Waals surface area contributed by atoms with Gasteiger partial charge in [-0.15, -0.1) is 0 Å². The fraction of sp³-hybridized carbons (Fsp3) is 0.300. The highest BCUT2D eigenvalue weighted by Crippen LogP contribution is 2.34. The van der Waals surface area contributed by atoms with Crippen molar-refractivity contribution in [2.45, 2.75) is 5.92 Å². The van der Waals surface area contributed by atoms with Crippen molar-refractivity contribution in [2.75, 3.05) is 13.7 Å². The van der Waals surface area contributed by atoms with Gasteiger partial charge in [0.2, 0.25) is 5.82 Å². The van der Waals surface area contributed by atoms with E-state index in [1.54, 1.807) is 0 Å². The van der Waals surface area contributed by atoms with Crippen LogP contribution in [-0.4, -0.2) is 24.7 Å². The summed E-state index contributed by atoms with van der Waals surface area (Å²) in [6, 6.07) is 1.00. The molecule has 1 aromatic carbocycles. The van der Waals surface area contributed by atoms with E-state index < -0.39 is 34.3 Å². The number of methoxy groups -OCH3 is 1. The first kappa shape index (κ1) is 13.7. The van der Waals surface area contributed by atoms with Crippen LogP contribution in [0.25, 0.3) is 0 Å². The lowest BCUT2D eigenvalue weighted by Crippen LogP contribution is -2.22. The molecule has 0 aliphatic rings. The summed E-state index contributed by atoms with van der Waals surface area (Å²) in [4.78, 5) is 10.9. The van der Waals surface area contributed by atoms with Gasteiger partial charge >= 0.3 is 5.97 Å². The maximum absolute atomic E-state index is 13.5. The summed E-state index contributed by atoms with van der Waals surface area (Å²) in [6.45, 7) is -0.285. The monoisotopic (exact) mass is 265 g/mol. The average molecular weight is 266 g/mol. The first-order valence-corrected chi connectivity index (χ1v) is 4.96. The lowest BCUT2D eigenvalue weighted by molar-refractivity contribution is -0.138. The molecule has 0 amide bonds. The molecule has 0 aliphatic heterocycles. The Bertz CT molecular complexity index is 454. The van der Waals surface area contributed by atoms with Gasteiger partial charge < -0.3 is 15.6 Å². The Hall–Kier alpha value is -1.40. The summed E-state index contributed by atoms with van der Waals surface area (Å²) < 4.78 is 31.3. The lowest BCUT2D eigenvalue weighted by atomic mass is 9.98. The Balaban J connectivity index is 3.46. The van der Waals surface area contributed by atoms with Gasteiger partial charge in [0, 0.05) is 12.1 Å². The number of carbonyl (C=O) groups is 1. The number of aliphatic carboxylic acids is 1. The molecule has 1 unspecified atom stereocenters. The van der Waals surface area contributed by atoms with Crippen LogP contribution in [0.15, 0.2) is 6.07 Å². The van der Waals surface area contributed by atoms with Gasteiger partial charge in [-0.1, -0.05) is 11.6 Å². The highest BCUT2D eigenvalue weighted by atomic mass is 35.5. The Kier molecular flexibility index (Phi) is 4.25. The molecule has 0 bridgehead atoms. The molecule has 7 heteroatoms. The molecule has 1 aromatic rings. The predicted octanol–water partition coefficient (Wildman–Crippen LogP) is 1.75. The van der Waals surface area contributed by atoms with Crippen LogP contribution >= 0.6 is 11.6 Å². The largest absolute Gasteiger partial charge is 0.493 e. The van der Waals surface area contributed by atoms with Crippen LogP contribution in [0.1, 0.15) is 11.5 Å². The van der Waals surface area contributed by atoms with Gasteiger partial charge in [0.1, 0.15) is 0 Å². The summed E-state index contributed by atoms with van der Waals surface area (Å²) >= 11 is 5.45. The summed E-state index contributed by atoms with van der Waals surface area (Å²) in [7, 11) is 1.10. The molecule has 1 atom stereocenters. The number of nitrogens with two attached hydrogens (primary N) is 1. The maximum Gasteiger partial charge on any atom is 0.312 e. The third-order valence-electron chi connectivity index (χ3n) is 2.26. The summed E-state index contributed by atoms with van der Waals surface area (Å²) in [5.41, 5.74) is 5.18. The fourth-order valence-electron chi connectivity index (χ4n) is 1.42. The number of benzene rings is 1. The fourth-order valence-corrected chi connectivity index (χ4v) is 1.62. The van der Waals surface area contributed by atoms with Crippen LogP contribution in [0.5, 0.6) is 5.75 Å². The van der Waals surface area contributed by atoms with E-state index in [1.165, 1.54) is 0 Å². The summed E-state index contributed by atoms with van der Waals surface area (Å²) in [6.07, 6.45) is 0. The van der Waals surface area contributed by atoms with Gasteiger partial charge in [-0.2, -0.15) is 4.39 Å². The molecule has 3 N–H and O–H groups in total. The van der Waals surface area contributed by atoms with Gasteiger partial charge in [-0.25, -0.2) is 4.39 Å². The van der Waals surface area contributed by atoms with Crippen molar-refractivity contribution in [3.63, 3.8) is 0 Å². The van der Waals surface area contributed by atoms with Crippen LogP contribution in [-0.2, 0) is 4.79 Å². The molecular formula is C10H10ClF2NO3. The Labute approximate surface area is 101 Å². The normalized spacial score (nSPS) is 12.3. The zero-order chi connectivity index (χ0) is 13.2. The zero-order valence-corrected chi connectivity index (χ0v) is 9.59. The molecule has 0 aromatic heterocycles. The number of carboxylic acids is 1. The van der Waals surface area contributed by atoms with Crippen molar-refractivity contribution in [1.29, 1.82) is 0 Å². The molecule has 0 heterocycles. The van der Waals surface area contributed by atoms with Gasteiger partial charge in [-0.05, 0) is 6.07 Å². The van der Waals surface area contributed by atoms with Crippen LogP contribution in [0.3, 0.4) is 0 Å². The Morgan fingerprint density at radius 3 is 2.59 bits per heavy atom. The second-order valence-electron chi connectivity index (χ2n) is 3.24. The molecule has 0 spiro atoms. The first-order valence-electron chi connectivity index (χ1n) is 4.58. The van der Waals surface area contributed by atoms with Crippen molar-refractivity contribution in [2.24, 2.45) is 5.73 Å². The number of halogens is 3. The summed E-state index contributed by atoms with van der Waals surface area (Å²) in [5, 5.41) is 8.39. The van der Waals surface area contributed by atoms with Crippen LogP contribution in [0.2, 0.25) is 5.02 Å². The molecular weight excluding hydrogens is 256 g/mol. The third-order valence-corrected chi connectivity index (χ3v) is 2.53. The van der Waals surface area contributed by atoms with Gasteiger partial charge in [0.25, 0.3) is 0 Å². The van der Waals surface area contributed by atoms with Crippen molar-refractivity contribution >= 4 is 17.6 Å². The molecule has 0 fully saturated rings.